The molecule has 2 aliphatic rings. The first-order chi connectivity index (χ1) is 23.7. The summed E-state index contributed by atoms with van der Waals surface area (Å²) >= 11 is 7.10. The van der Waals surface area contributed by atoms with Gasteiger partial charge >= 0.3 is 0 Å². The predicted molar refractivity (Wildman–Crippen MR) is 191 cm³/mol. The van der Waals surface area contributed by atoms with Gasteiger partial charge in [0, 0.05) is 73.8 Å². The van der Waals surface area contributed by atoms with Crippen molar-refractivity contribution in [2.24, 2.45) is 0 Å². The highest BCUT2D eigenvalue weighted by molar-refractivity contribution is 6.36. The van der Waals surface area contributed by atoms with Gasteiger partial charge in [-0.2, -0.15) is 0 Å². The van der Waals surface area contributed by atoms with Crippen molar-refractivity contribution >= 4 is 29.1 Å². The molecule has 2 saturated heterocycles. The first-order valence-corrected chi connectivity index (χ1v) is 17.0. The largest absolute Gasteiger partial charge is 0.352 e. The Morgan fingerprint density at radius 2 is 1.65 bits per heavy atom. The van der Waals surface area contributed by atoms with Crippen molar-refractivity contribution in [1.82, 2.24) is 35.2 Å². The van der Waals surface area contributed by atoms with Crippen LogP contribution in [0.5, 0.6) is 0 Å². The van der Waals surface area contributed by atoms with Crippen LogP contribution in [0.1, 0.15) is 42.4 Å². The maximum atomic E-state index is 13.3. The van der Waals surface area contributed by atoms with E-state index in [2.05, 4.69) is 51.0 Å². The van der Waals surface area contributed by atoms with Crippen molar-refractivity contribution in [3.05, 3.63) is 111 Å². The summed E-state index contributed by atoms with van der Waals surface area (Å²) < 4.78 is 1.57. The number of carbonyl (C=O) groups excluding carboxylic acids is 2. The van der Waals surface area contributed by atoms with Gasteiger partial charge in [0.15, 0.2) is 0 Å². The summed E-state index contributed by atoms with van der Waals surface area (Å²) in [6.07, 6.45) is 8.04. The molecule has 10 nitrogen and oxygen atoms in total. The molecule has 2 aromatic carbocycles. The SMILES string of the molecule is Cc1c(-c2ccn3c(=O)c(CNC[C@@H]4CCC(=O)N4)cnc3c2)cccc1-c1cccc(-c2ccc(CN(C)[C@H]3CCC(=O)N3)cn2)c1Cl. The van der Waals surface area contributed by atoms with E-state index in [1.54, 1.807) is 16.8 Å². The van der Waals surface area contributed by atoms with Gasteiger partial charge in [-0.1, -0.05) is 54.1 Å². The molecular weight excluding hydrogens is 638 g/mol. The van der Waals surface area contributed by atoms with Crippen LogP contribution in [-0.2, 0) is 22.7 Å². The highest BCUT2D eigenvalue weighted by Crippen LogP contribution is 2.39. The number of rotatable bonds is 10. The molecule has 3 N–H and O–H groups in total. The molecule has 0 saturated carbocycles. The zero-order valence-electron chi connectivity index (χ0n) is 27.5. The Morgan fingerprint density at radius 3 is 2.39 bits per heavy atom. The molecule has 5 aromatic rings. The Balaban J connectivity index is 1.10. The Bertz CT molecular complexity index is 2110. The molecule has 250 valence electrons. The standard InChI is InChI=1S/C38H38ClN7O3/c1-23-28(25-15-16-46-34(17-25)42-20-26(38(46)49)19-40-21-27-10-13-35(47)43-27)5-3-6-29(23)30-7-4-8-31(37(30)39)32-11-9-24(18-41-32)22-45(2)33-12-14-36(48)44-33/h3-9,11,15-18,20,27,33,40H,10,12-14,19,21-22H2,1-2H3,(H,43,47)(H,44,48)/t27-,33-/m0/s1. The molecule has 2 atom stereocenters. The van der Waals surface area contributed by atoms with Gasteiger partial charge in [0.1, 0.15) is 5.65 Å². The lowest BCUT2D eigenvalue weighted by atomic mass is 9.92. The highest BCUT2D eigenvalue weighted by atomic mass is 35.5. The first kappa shape index (κ1) is 32.6. The van der Waals surface area contributed by atoms with Crippen LogP contribution in [-0.4, -0.2) is 56.9 Å². The van der Waals surface area contributed by atoms with Crippen LogP contribution < -0.4 is 21.5 Å². The second-order valence-corrected chi connectivity index (χ2v) is 13.3. The third kappa shape index (κ3) is 6.85. The fourth-order valence-corrected chi connectivity index (χ4v) is 7.12. The molecule has 3 aromatic heterocycles. The molecular formula is C38H38ClN7O3. The van der Waals surface area contributed by atoms with E-state index in [9.17, 15) is 14.4 Å². The van der Waals surface area contributed by atoms with E-state index in [1.165, 1.54) is 0 Å². The summed E-state index contributed by atoms with van der Waals surface area (Å²) in [5.41, 5.74) is 8.63. The van der Waals surface area contributed by atoms with E-state index < -0.39 is 0 Å². The number of fused-ring (bicyclic) bond motifs is 1. The number of amides is 2. The van der Waals surface area contributed by atoms with Crippen molar-refractivity contribution in [2.45, 2.75) is 57.9 Å². The van der Waals surface area contributed by atoms with E-state index in [-0.39, 0.29) is 29.6 Å². The minimum atomic E-state index is -0.121. The summed E-state index contributed by atoms with van der Waals surface area (Å²) in [4.78, 5) is 47.8. The summed E-state index contributed by atoms with van der Waals surface area (Å²) in [5, 5.41) is 9.84. The highest BCUT2D eigenvalue weighted by Gasteiger charge is 2.24. The lowest BCUT2D eigenvalue weighted by molar-refractivity contribution is -0.120. The molecule has 2 amide bonds. The van der Waals surface area contributed by atoms with Crippen molar-refractivity contribution in [3.63, 3.8) is 0 Å². The van der Waals surface area contributed by atoms with Gasteiger partial charge in [0.2, 0.25) is 11.8 Å². The second-order valence-electron chi connectivity index (χ2n) is 12.9. The maximum Gasteiger partial charge on any atom is 0.262 e. The number of hydrogen-bond donors (Lipinski definition) is 3. The van der Waals surface area contributed by atoms with Gasteiger partial charge < -0.3 is 16.0 Å². The number of aromatic nitrogens is 3. The monoisotopic (exact) mass is 675 g/mol. The molecule has 49 heavy (non-hydrogen) atoms. The van der Waals surface area contributed by atoms with Gasteiger partial charge in [-0.15, -0.1) is 0 Å². The van der Waals surface area contributed by atoms with Gasteiger partial charge in [-0.05, 0) is 72.8 Å². The number of hydrogen-bond acceptors (Lipinski definition) is 7. The van der Waals surface area contributed by atoms with Gasteiger partial charge in [-0.25, -0.2) is 4.98 Å². The lowest BCUT2D eigenvalue weighted by Gasteiger charge is -2.23. The molecule has 0 spiro atoms. The minimum Gasteiger partial charge on any atom is -0.352 e. The number of pyridine rings is 2. The van der Waals surface area contributed by atoms with E-state index in [4.69, 9.17) is 16.6 Å². The third-order valence-electron chi connectivity index (χ3n) is 9.54. The Morgan fingerprint density at radius 1 is 0.898 bits per heavy atom. The van der Waals surface area contributed by atoms with Crippen LogP contribution in [0, 0.1) is 6.92 Å². The lowest BCUT2D eigenvalue weighted by Crippen LogP contribution is -2.40. The van der Waals surface area contributed by atoms with Crippen molar-refractivity contribution in [3.8, 4) is 33.5 Å². The Kier molecular flexibility index (Phi) is 9.27. The Labute approximate surface area is 289 Å². The van der Waals surface area contributed by atoms with Crippen LogP contribution >= 0.6 is 11.6 Å². The summed E-state index contributed by atoms with van der Waals surface area (Å²) in [6.45, 7) is 3.74. The van der Waals surface area contributed by atoms with Crippen LogP contribution in [0.3, 0.4) is 0 Å². The first-order valence-electron chi connectivity index (χ1n) is 16.6. The number of halogens is 1. The van der Waals surface area contributed by atoms with Crippen LogP contribution in [0.15, 0.2) is 84.0 Å². The van der Waals surface area contributed by atoms with Crippen LogP contribution in [0.2, 0.25) is 5.02 Å². The quantitative estimate of drug-likeness (QED) is 0.189. The molecule has 0 bridgehead atoms. The summed E-state index contributed by atoms with van der Waals surface area (Å²) in [6, 6.07) is 20.2. The topological polar surface area (TPSA) is 121 Å². The van der Waals surface area contributed by atoms with E-state index in [1.807, 2.05) is 55.7 Å². The zero-order chi connectivity index (χ0) is 34.1. The van der Waals surface area contributed by atoms with Crippen molar-refractivity contribution in [1.29, 1.82) is 0 Å². The Hall–Kier alpha value is -4.90. The number of benzene rings is 2. The van der Waals surface area contributed by atoms with Crippen LogP contribution in [0.4, 0.5) is 0 Å². The van der Waals surface area contributed by atoms with Crippen molar-refractivity contribution in [2.75, 3.05) is 13.6 Å². The second kappa shape index (κ2) is 13.9. The van der Waals surface area contributed by atoms with Gasteiger partial charge in [0.05, 0.1) is 16.9 Å². The number of carbonyl (C=O) groups is 2. The number of nitrogens with one attached hydrogen (secondary N) is 3. The molecule has 11 heteroatoms. The fourth-order valence-electron chi connectivity index (χ4n) is 6.80. The predicted octanol–water partition coefficient (Wildman–Crippen LogP) is 5.09. The fraction of sp³-hybridized carbons (Fsp3) is 0.289. The van der Waals surface area contributed by atoms with E-state index in [0.29, 0.717) is 48.7 Å². The average molecular weight is 676 g/mol. The normalized spacial score (nSPS) is 17.6. The summed E-state index contributed by atoms with van der Waals surface area (Å²) in [7, 11) is 2.01. The smallest absolute Gasteiger partial charge is 0.262 e. The maximum absolute atomic E-state index is 13.3. The molecule has 0 radical (unpaired) electrons. The molecule has 2 aliphatic heterocycles. The molecule has 0 unspecified atom stereocenters. The average Bonchev–Trinajstić information content (AvgIpc) is 3.74. The third-order valence-corrected chi connectivity index (χ3v) is 9.95. The molecule has 2 fully saturated rings. The number of nitrogens with zero attached hydrogens (tertiary/aromatic N) is 4. The molecule has 0 aliphatic carbocycles. The zero-order valence-corrected chi connectivity index (χ0v) is 28.3. The van der Waals surface area contributed by atoms with Crippen LogP contribution in [0.25, 0.3) is 39.2 Å². The summed E-state index contributed by atoms with van der Waals surface area (Å²) in [5.74, 6) is 0.170. The minimum absolute atomic E-state index is 0.0472. The van der Waals surface area contributed by atoms with E-state index in [0.717, 1.165) is 57.5 Å². The molecule has 7 rings (SSSR count). The molecule has 5 heterocycles. The van der Waals surface area contributed by atoms with Crippen molar-refractivity contribution < 1.29 is 9.59 Å². The van der Waals surface area contributed by atoms with E-state index >= 15 is 0 Å². The van der Waals surface area contributed by atoms with Gasteiger partial charge in [-0.3, -0.25) is 28.7 Å². The van der Waals surface area contributed by atoms with Gasteiger partial charge in [0.25, 0.3) is 5.56 Å².